The maximum absolute atomic E-state index is 5.30. The van der Waals surface area contributed by atoms with Gasteiger partial charge < -0.3 is 4.98 Å². The molecule has 2 nitrogen and oxygen atoms in total. The van der Waals surface area contributed by atoms with Crippen LogP contribution in [0.5, 0.6) is 0 Å². The number of nitrogens with zero attached hydrogens (tertiary/aromatic N) is 1. The molecule has 0 saturated carbocycles. The normalized spacial score (nSPS) is 10.9. The van der Waals surface area contributed by atoms with E-state index in [-0.39, 0.29) is 0 Å². The Kier molecular flexibility index (Phi) is 2.61. The third-order valence-electron chi connectivity index (χ3n) is 2.74. The molecule has 0 spiro atoms. The SMILES string of the molecule is S=c1[nH]cc(Br)n1-c1cccc2ccccc12. The molecule has 1 heterocycles. The largest absolute Gasteiger partial charge is 0.336 e. The van der Waals surface area contributed by atoms with Crippen molar-refractivity contribution in [2.75, 3.05) is 0 Å². The van der Waals surface area contributed by atoms with Crippen molar-refractivity contribution < 1.29 is 0 Å². The number of aromatic nitrogens is 2. The third kappa shape index (κ3) is 1.73. The molecule has 1 aromatic heterocycles. The zero-order valence-corrected chi connectivity index (χ0v) is 11.3. The minimum Gasteiger partial charge on any atom is -0.336 e. The Morgan fingerprint density at radius 2 is 1.82 bits per heavy atom. The second-order valence-electron chi connectivity index (χ2n) is 3.75. The van der Waals surface area contributed by atoms with Crippen molar-refractivity contribution in [1.29, 1.82) is 0 Å². The molecule has 3 rings (SSSR count). The van der Waals surface area contributed by atoms with E-state index in [1.165, 1.54) is 10.8 Å². The van der Waals surface area contributed by atoms with Crippen LogP contribution in [0.1, 0.15) is 0 Å². The summed E-state index contributed by atoms with van der Waals surface area (Å²) in [5.41, 5.74) is 1.08. The van der Waals surface area contributed by atoms with Gasteiger partial charge in [-0.25, -0.2) is 0 Å². The number of fused-ring (bicyclic) bond motifs is 1. The molecule has 0 bridgehead atoms. The van der Waals surface area contributed by atoms with Gasteiger partial charge in [-0.15, -0.1) is 0 Å². The van der Waals surface area contributed by atoms with Gasteiger partial charge in [0.2, 0.25) is 0 Å². The van der Waals surface area contributed by atoms with E-state index in [0.717, 1.165) is 10.3 Å². The molecule has 4 heteroatoms. The average molecular weight is 305 g/mol. The Labute approximate surface area is 112 Å². The fourth-order valence-electron chi connectivity index (χ4n) is 1.98. The Morgan fingerprint density at radius 1 is 1.06 bits per heavy atom. The zero-order chi connectivity index (χ0) is 11.8. The maximum Gasteiger partial charge on any atom is 0.182 e. The van der Waals surface area contributed by atoms with Gasteiger partial charge >= 0.3 is 0 Å². The van der Waals surface area contributed by atoms with Gasteiger partial charge in [0, 0.05) is 11.6 Å². The molecule has 84 valence electrons. The molecule has 0 saturated heterocycles. The monoisotopic (exact) mass is 304 g/mol. The number of benzene rings is 2. The highest BCUT2D eigenvalue weighted by atomic mass is 79.9. The van der Waals surface area contributed by atoms with Gasteiger partial charge in [-0.2, -0.15) is 0 Å². The standard InChI is InChI=1S/C13H9BrN2S/c14-12-8-15-13(17)16(12)11-7-3-5-9-4-1-2-6-10(9)11/h1-8H,(H,15,17). The molecule has 17 heavy (non-hydrogen) atoms. The molecular weight excluding hydrogens is 296 g/mol. The van der Waals surface area contributed by atoms with Crippen molar-refractivity contribution in [3.63, 3.8) is 0 Å². The van der Waals surface area contributed by atoms with Crippen molar-refractivity contribution in [1.82, 2.24) is 9.55 Å². The first kappa shape index (κ1) is 10.7. The molecule has 0 radical (unpaired) electrons. The minimum absolute atomic E-state index is 0.688. The van der Waals surface area contributed by atoms with Crippen molar-refractivity contribution in [3.05, 3.63) is 58.0 Å². The van der Waals surface area contributed by atoms with Gasteiger partial charge in [0.15, 0.2) is 4.77 Å². The smallest absolute Gasteiger partial charge is 0.182 e. The van der Waals surface area contributed by atoms with Crippen LogP contribution in [0.25, 0.3) is 16.5 Å². The van der Waals surface area contributed by atoms with E-state index in [2.05, 4.69) is 45.2 Å². The highest BCUT2D eigenvalue weighted by Gasteiger charge is 2.06. The van der Waals surface area contributed by atoms with Crippen molar-refractivity contribution in [2.24, 2.45) is 0 Å². The Bertz CT molecular complexity index is 737. The van der Waals surface area contributed by atoms with Gasteiger partial charge in [0.05, 0.1) is 5.69 Å². The molecule has 3 aromatic rings. The minimum atomic E-state index is 0.688. The van der Waals surface area contributed by atoms with Crippen LogP contribution in [0, 0.1) is 4.77 Å². The number of hydrogen-bond donors (Lipinski definition) is 1. The molecule has 0 atom stereocenters. The summed E-state index contributed by atoms with van der Waals surface area (Å²) in [6.07, 6.45) is 1.85. The van der Waals surface area contributed by atoms with Gasteiger partial charge in [-0.1, -0.05) is 36.4 Å². The highest BCUT2D eigenvalue weighted by molar-refractivity contribution is 9.10. The lowest BCUT2D eigenvalue weighted by atomic mass is 10.1. The summed E-state index contributed by atoms with van der Waals surface area (Å²) in [4.78, 5) is 3.03. The number of nitrogens with one attached hydrogen (secondary N) is 1. The van der Waals surface area contributed by atoms with Gasteiger partial charge in [0.1, 0.15) is 4.60 Å². The summed E-state index contributed by atoms with van der Waals surface area (Å²) < 4.78 is 3.60. The lowest BCUT2D eigenvalue weighted by Crippen LogP contribution is -1.95. The van der Waals surface area contributed by atoms with E-state index in [1.54, 1.807) is 0 Å². The molecule has 0 unspecified atom stereocenters. The molecule has 0 aliphatic rings. The Balaban J connectivity index is 2.43. The second kappa shape index (κ2) is 4.13. The topological polar surface area (TPSA) is 20.7 Å². The van der Waals surface area contributed by atoms with Crippen molar-refractivity contribution in [3.8, 4) is 5.69 Å². The molecule has 0 aliphatic heterocycles. The first-order valence-electron chi connectivity index (χ1n) is 5.21. The highest BCUT2D eigenvalue weighted by Crippen LogP contribution is 2.25. The predicted molar refractivity (Wildman–Crippen MR) is 76.2 cm³/mol. The van der Waals surface area contributed by atoms with Crippen LogP contribution >= 0.6 is 28.1 Å². The van der Waals surface area contributed by atoms with Gasteiger partial charge in [0.25, 0.3) is 0 Å². The third-order valence-corrected chi connectivity index (χ3v) is 3.62. The van der Waals surface area contributed by atoms with Gasteiger partial charge in [-0.05, 0) is 39.6 Å². The summed E-state index contributed by atoms with van der Waals surface area (Å²) in [5.74, 6) is 0. The summed E-state index contributed by atoms with van der Waals surface area (Å²) in [5, 5.41) is 2.39. The Hall–Kier alpha value is -1.39. The van der Waals surface area contributed by atoms with Crippen LogP contribution in [0.15, 0.2) is 53.3 Å². The predicted octanol–water partition coefficient (Wildman–Crippen LogP) is 4.45. The molecule has 2 aromatic carbocycles. The number of halogens is 1. The van der Waals surface area contributed by atoms with E-state index in [0.29, 0.717) is 4.77 Å². The van der Waals surface area contributed by atoms with Crippen LogP contribution in [-0.2, 0) is 0 Å². The van der Waals surface area contributed by atoms with E-state index in [1.807, 2.05) is 29.0 Å². The maximum atomic E-state index is 5.30. The van der Waals surface area contributed by atoms with Crippen molar-refractivity contribution in [2.45, 2.75) is 0 Å². The quantitative estimate of drug-likeness (QED) is 0.659. The molecule has 1 N–H and O–H groups in total. The molecule has 0 fully saturated rings. The first-order chi connectivity index (χ1) is 8.27. The summed E-state index contributed by atoms with van der Waals surface area (Å²) >= 11 is 8.80. The number of H-pyrrole nitrogens is 1. The lowest BCUT2D eigenvalue weighted by molar-refractivity contribution is 1.02. The number of aromatic amines is 1. The van der Waals surface area contributed by atoms with E-state index in [4.69, 9.17) is 12.2 Å². The zero-order valence-electron chi connectivity index (χ0n) is 8.85. The van der Waals surface area contributed by atoms with Crippen molar-refractivity contribution >= 4 is 38.9 Å². The summed E-state index contributed by atoms with van der Waals surface area (Å²) in [7, 11) is 0. The fraction of sp³-hybridized carbons (Fsp3) is 0. The lowest BCUT2D eigenvalue weighted by Gasteiger charge is -2.08. The molecule has 0 aliphatic carbocycles. The van der Waals surface area contributed by atoms with E-state index in [9.17, 15) is 0 Å². The van der Waals surface area contributed by atoms with Crippen LogP contribution in [0.3, 0.4) is 0 Å². The van der Waals surface area contributed by atoms with Crippen LogP contribution in [-0.4, -0.2) is 9.55 Å². The van der Waals surface area contributed by atoms with Crippen LogP contribution in [0.2, 0.25) is 0 Å². The van der Waals surface area contributed by atoms with E-state index >= 15 is 0 Å². The Morgan fingerprint density at radius 3 is 2.59 bits per heavy atom. The number of rotatable bonds is 1. The molecule has 0 amide bonds. The summed E-state index contributed by atoms with van der Waals surface area (Å²) in [6, 6.07) is 14.5. The average Bonchev–Trinajstić information content (AvgIpc) is 2.69. The number of imidazole rings is 1. The van der Waals surface area contributed by atoms with E-state index < -0.39 is 0 Å². The van der Waals surface area contributed by atoms with Crippen LogP contribution < -0.4 is 0 Å². The first-order valence-corrected chi connectivity index (χ1v) is 6.41. The van der Waals surface area contributed by atoms with Gasteiger partial charge in [-0.3, -0.25) is 4.57 Å². The van der Waals surface area contributed by atoms with Crippen LogP contribution in [0.4, 0.5) is 0 Å². The number of hydrogen-bond acceptors (Lipinski definition) is 1. The second-order valence-corrected chi connectivity index (χ2v) is 4.95. The molecular formula is C13H9BrN2S. The fourth-order valence-corrected chi connectivity index (χ4v) is 2.83. The summed E-state index contributed by atoms with van der Waals surface area (Å²) in [6.45, 7) is 0.